The van der Waals surface area contributed by atoms with Gasteiger partial charge in [-0.3, -0.25) is 4.79 Å². The summed E-state index contributed by atoms with van der Waals surface area (Å²) in [7, 11) is 0. The van der Waals surface area contributed by atoms with Crippen LogP contribution in [0, 0.1) is 0 Å². The van der Waals surface area contributed by atoms with E-state index in [1.807, 2.05) is 91.0 Å². The predicted octanol–water partition coefficient (Wildman–Crippen LogP) is 4.99. The Balaban J connectivity index is 2.38. The summed E-state index contributed by atoms with van der Waals surface area (Å²) in [4.78, 5) is 13.2. The van der Waals surface area contributed by atoms with E-state index in [4.69, 9.17) is 0 Å². The highest BCUT2D eigenvalue weighted by Crippen LogP contribution is 2.40. The Hall–Kier alpha value is -2.19. The van der Waals surface area contributed by atoms with E-state index in [0.717, 1.165) is 16.7 Å². The van der Waals surface area contributed by atoms with Gasteiger partial charge in [0, 0.05) is 0 Å². The zero-order valence-corrected chi connectivity index (χ0v) is 14.2. The minimum atomic E-state index is -0.798. The molecule has 3 aromatic rings. The van der Waals surface area contributed by atoms with Gasteiger partial charge < -0.3 is 0 Å². The summed E-state index contributed by atoms with van der Waals surface area (Å²) in [6, 6.07) is 30.0. The van der Waals surface area contributed by atoms with Crippen molar-refractivity contribution >= 4 is 21.7 Å². The molecule has 0 bridgehead atoms. The number of alkyl halides is 1. The van der Waals surface area contributed by atoms with Crippen LogP contribution in [0.3, 0.4) is 0 Å². The first-order valence-electron chi connectivity index (χ1n) is 7.56. The maximum Gasteiger partial charge on any atom is 0.162 e. The average molecular weight is 365 g/mol. The van der Waals surface area contributed by atoms with Gasteiger partial charge >= 0.3 is 0 Å². The maximum absolute atomic E-state index is 13.2. The first-order valence-corrected chi connectivity index (χ1v) is 8.68. The molecule has 1 nitrogen and oxygen atoms in total. The molecular formula is C21H17BrO. The highest BCUT2D eigenvalue weighted by molar-refractivity contribution is 9.09. The van der Waals surface area contributed by atoms with Gasteiger partial charge in [0.2, 0.25) is 0 Å². The van der Waals surface area contributed by atoms with Crippen molar-refractivity contribution < 1.29 is 4.79 Å². The van der Waals surface area contributed by atoms with Gasteiger partial charge in [-0.05, 0) is 16.7 Å². The van der Waals surface area contributed by atoms with Crippen molar-refractivity contribution in [3.8, 4) is 0 Å². The van der Waals surface area contributed by atoms with Gasteiger partial charge in [0.1, 0.15) is 5.41 Å². The van der Waals surface area contributed by atoms with Crippen LogP contribution in [0.5, 0.6) is 0 Å². The minimum Gasteiger partial charge on any atom is -0.297 e. The van der Waals surface area contributed by atoms with Crippen LogP contribution in [-0.4, -0.2) is 11.1 Å². The molecule has 3 rings (SSSR count). The van der Waals surface area contributed by atoms with E-state index in [1.54, 1.807) is 0 Å². The maximum atomic E-state index is 13.2. The second-order valence-corrected chi connectivity index (χ2v) is 5.97. The highest BCUT2D eigenvalue weighted by atomic mass is 79.9. The first kappa shape index (κ1) is 15.7. The lowest BCUT2D eigenvalue weighted by molar-refractivity contribution is -0.119. The molecule has 0 aliphatic rings. The van der Waals surface area contributed by atoms with Gasteiger partial charge in [-0.1, -0.05) is 107 Å². The van der Waals surface area contributed by atoms with E-state index in [0.29, 0.717) is 5.33 Å². The summed E-state index contributed by atoms with van der Waals surface area (Å²) < 4.78 is 0. The van der Waals surface area contributed by atoms with E-state index in [-0.39, 0.29) is 5.78 Å². The second-order valence-electron chi connectivity index (χ2n) is 5.40. The second kappa shape index (κ2) is 6.93. The van der Waals surface area contributed by atoms with Gasteiger partial charge in [0.05, 0.1) is 5.33 Å². The number of rotatable bonds is 5. The van der Waals surface area contributed by atoms with E-state index in [9.17, 15) is 4.79 Å². The van der Waals surface area contributed by atoms with Gasteiger partial charge in [-0.25, -0.2) is 0 Å². The third-order valence-corrected chi connectivity index (χ3v) is 4.67. The Kier molecular flexibility index (Phi) is 4.73. The molecule has 0 saturated heterocycles. The van der Waals surface area contributed by atoms with Crippen molar-refractivity contribution in [1.29, 1.82) is 0 Å². The number of carbonyl (C=O) groups excluding carboxylic acids is 1. The number of halogens is 1. The summed E-state index contributed by atoms with van der Waals surface area (Å²) in [6.07, 6.45) is 0. The van der Waals surface area contributed by atoms with Gasteiger partial charge in [-0.2, -0.15) is 0 Å². The van der Waals surface area contributed by atoms with Gasteiger partial charge in [0.15, 0.2) is 5.78 Å². The Morgan fingerprint density at radius 3 is 1.22 bits per heavy atom. The Labute approximate surface area is 145 Å². The molecule has 3 aromatic carbocycles. The molecule has 0 saturated carbocycles. The molecule has 0 fully saturated rings. The van der Waals surface area contributed by atoms with Crippen LogP contribution in [0.2, 0.25) is 0 Å². The van der Waals surface area contributed by atoms with E-state index >= 15 is 0 Å². The molecule has 0 unspecified atom stereocenters. The van der Waals surface area contributed by atoms with Gasteiger partial charge in [-0.15, -0.1) is 0 Å². The topological polar surface area (TPSA) is 17.1 Å². The number of hydrogen-bond acceptors (Lipinski definition) is 1. The smallest absolute Gasteiger partial charge is 0.162 e. The number of ketones is 1. The van der Waals surface area contributed by atoms with Crippen molar-refractivity contribution in [2.45, 2.75) is 5.41 Å². The third kappa shape index (κ3) is 2.75. The molecule has 0 aliphatic heterocycles. The summed E-state index contributed by atoms with van der Waals surface area (Å²) >= 11 is 3.39. The molecule has 23 heavy (non-hydrogen) atoms. The number of carbonyl (C=O) groups is 1. The van der Waals surface area contributed by atoms with Crippen LogP contribution in [0.15, 0.2) is 91.0 Å². The fraction of sp³-hybridized carbons (Fsp3) is 0.0952. The molecule has 2 heteroatoms. The first-order chi connectivity index (χ1) is 11.3. The molecular weight excluding hydrogens is 348 g/mol. The number of Topliss-reactive ketones (excluding diaryl/α,β-unsaturated/α-hetero) is 1. The van der Waals surface area contributed by atoms with Crippen LogP contribution in [0.25, 0.3) is 0 Å². The van der Waals surface area contributed by atoms with Crippen LogP contribution >= 0.6 is 15.9 Å². The molecule has 0 spiro atoms. The molecule has 0 heterocycles. The fourth-order valence-corrected chi connectivity index (χ4v) is 3.57. The fourth-order valence-electron chi connectivity index (χ4n) is 3.15. The van der Waals surface area contributed by atoms with Crippen LogP contribution in [-0.2, 0) is 10.2 Å². The average Bonchev–Trinajstić information content (AvgIpc) is 2.65. The minimum absolute atomic E-state index is 0.126. The Bertz CT molecular complexity index is 670. The quantitative estimate of drug-likeness (QED) is 0.460. The third-order valence-electron chi connectivity index (χ3n) is 4.16. The lowest BCUT2D eigenvalue weighted by Crippen LogP contribution is -2.39. The Morgan fingerprint density at radius 1 is 0.652 bits per heavy atom. The molecule has 0 aliphatic carbocycles. The number of benzene rings is 3. The predicted molar refractivity (Wildman–Crippen MR) is 98.0 cm³/mol. The van der Waals surface area contributed by atoms with Crippen LogP contribution < -0.4 is 0 Å². The molecule has 0 N–H and O–H groups in total. The van der Waals surface area contributed by atoms with Gasteiger partial charge in [0.25, 0.3) is 0 Å². The van der Waals surface area contributed by atoms with Crippen molar-refractivity contribution in [3.05, 3.63) is 108 Å². The molecule has 0 radical (unpaired) electrons. The van der Waals surface area contributed by atoms with E-state index < -0.39 is 5.41 Å². The van der Waals surface area contributed by atoms with E-state index in [1.165, 1.54) is 0 Å². The monoisotopic (exact) mass is 364 g/mol. The lowest BCUT2D eigenvalue weighted by atomic mass is 9.67. The molecule has 0 atom stereocenters. The van der Waals surface area contributed by atoms with Crippen molar-refractivity contribution in [1.82, 2.24) is 0 Å². The normalized spacial score (nSPS) is 11.2. The summed E-state index contributed by atoms with van der Waals surface area (Å²) in [5, 5.41) is 0.297. The summed E-state index contributed by atoms with van der Waals surface area (Å²) in [5.74, 6) is 0.126. The molecule has 0 aromatic heterocycles. The zero-order chi connectivity index (χ0) is 16.1. The lowest BCUT2D eigenvalue weighted by Gasteiger charge is -2.34. The molecule has 114 valence electrons. The standard InChI is InChI=1S/C21H17BrO/c22-16-20(23)21(17-10-4-1-5-11-17,18-12-6-2-7-13-18)19-14-8-3-9-15-19/h1-15H,16H2. The molecule has 0 amide bonds. The SMILES string of the molecule is O=C(CBr)C(c1ccccc1)(c1ccccc1)c1ccccc1. The van der Waals surface area contributed by atoms with Crippen molar-refractivity contribution in [3.63, 3.8) is 0 Å². The zero-order valence-electron chi connectivity index (χ0n) is 12.7. The Morgan fingerprint density at radius 2 is 0.957 bits per heavy atom. The van der Waals surface area contributed by atoms with Crippen LogP contribution in [0.1, 0.15) is 16.7 Å². The van der Waals surface area contributed by atoms with E-state index in [2.05, 4.69) is 15.9 Å². The highest BCUT2D eigenvalue weighted by Gasteiger charge is 2.42. The summed E-state index contributed by atoms with van der Waals surface area (Å²) in [5.41, 5.74) is 2.17. The largest absolute Gasteiger partial charge is 0.297 e. The summed E-state index contributed by atoms with van der Waals surface area (Å²) in [6.45, 7) is 0. The number of hydrogen-bond donors (Lipinski definition) is 0. The van der Waals surface area contributed by atoms with Crippen molar-refractivity contribution in [2.75, 3.05) is 5.33 Å². The van der Waals surface area contributed by atoms with Crippen molar-refractivity contribution in [2.24, 2.45) is 0 Å². The van der Waals surface area contributed by atoms with Crippen LogP contribution in [0.4, 0.5) is 0 Å².